The van der Waals surface area contributed by atoms with Gasteiger partial charge in [0.05, 0.1) is 12.1 Å². The zero-order valence-electron chi connectivity index (χ0n) is 18.9. The molecule has 1 aromatic rings. The number of halogens is 3. The number of likely N-dealkylation sites (tertiary alicyclic amines) is 1. The number of benzene rings is 1. The highest BCUT2D eigenvalue weighted by molar-refractivity contribution is 5.84. The molecule has 3 fully saturated rings. The van der Waals surface area contributed by atoms with Crippen LogP contribution in [0, 0.1) is 5.92 Å². The zero-order chi connectivity index (χ0) is 23.8. The molecule has 33 heavy (non-hydrogen) atoms. The van der Waals surface area contributed by atoms with Gasteiger partial charge in [-0.1, -0.05) is 43.2 Å². The van der Waals surface area contributed by atoms with Crippen LogP contribution in [0.3, 0.4) is 0 Å². The number of carbonyl (C=O) groups excluding carboxylic acids is 2. The molecule has 0 bridgehead atoms. The number of nitrogens with zero attached hydrogens (tertiary/aromatic N) is 3. The first-order valence-corrected chi connectivity index (χ1v) is 11.7. The minimum Gasteiger partial charge on any atom is -0.385 e. The molecule has 1 aromatic carbocycles. The van der Waals surface area contributed by atoms with E-state index in [9.17, 15) is 27.9 Å². The summed E-state index contributed by atoms with van der Waals surface area (Å²) >= 11 is 0. The molecule has 1 saturated carbocycles. The number of hydrogen-bond acceptors (Lipinski definition) is 4. The molecule has 9 heteroatoms. The van der Waals surface area contributed by atoms with Gasteiger partial charge in [-0.3, -0.25) is 14.5 Å². The Labute approximate surface area is 192 Å². The molecule has 0 aromatic heterocycles. The van der Waals surface area contributed by atoms with E-state index < -0.39 is 24.4 Å². The molecule has 2 aliphatic heterocycles. The van der Waals surface area contributed by atoms with Crippen LogP contribution in [0.4, 0.5) is 13.2 Å². The number of piperazine rings is 1. The molecule has 6 nitrogen and oxygen atoms in total. The van der Waals surface area contributed by atoms with Gasteiger partial charge in [0.1, 0.15) is 6.04 Å². The second-order valence-electron chi connectivity index (χ2n) is 9.60. The summed E-state index contributed by atoms with van der Waals surface area (Å²) < 4.78 is 39.8. The Bertz CT molecular complexity index is 866. The van der Waals surface area contributed by atoms with E-state index in [2.05, 4.69) is 0 Å². The Balaban J connectivity index is 1.60. The molecule has 3 aliphatic rings. The highest BCUT2D eigenvalue weighted by atomic mass is 19.4. The molecular formula is C24H32F3N3O3. The number of alkyl halides is 3. The predicted octanol–water partition coefficient (Wildman–Crippen LogP) is 2.76. The van der Waals surface area contributed by atoms with Gasteiger partial charge in [-0.2, -0.15) is 13.2 Å². The number of carbonyl (C=O) groups is 2. The first-order chi connectivity index (χ1) is 15.6. The summed E-state index contributed by atoms with van der Waals surface area (Å²) in [4.78, 5) is 30.0. The average molecular weight is 468 g/mol. The predicted molar refractivity (Wildman–Crippen MR) is 116 cm³/mol. The maximum atomic E-state index is 13.7. The third kappa shape index (κ3) is 4.89. The van der Waals surface area contributed by atoms with E-state index in [1.165, 1.54) is 11.8 Å². The number of hydrogen-bond donors (Lipinski definition) is 1. The SMILES string of the molecule is CC(=O)N1CCN(CC(F)(F)F)C(C(=O)N2CC[C@](O)(c3ccccc3)[C@H]3CCCC[C@H]32)C1. The van der Waals surface area contributed by atoms with Gasteiger partial charge < -0.3 is 14.9 Å². The van der Waals surface area contributed by atoms with E-state index in [0.717, 1.165) is 29.7 Å². The molecule has 1 unspecified atom stereocenters. The Kier molecular flexibility index (Phi) is 6.73. The Morgan fingerprint density at radius 3 is 2.45 bits per heavy atom. The van der Waals surface area contributed by atoms with Crippen LogP contribution in [0.15, 0.2) is 30.3 Å². The lowest BCUT2D eigenvalue weighted by molar-refractivity contribution is -0.174. The molecular weight excluding hydrogens is 435 g/mol. The fraction of sp³-hybridized carbons (Fsp3) is 0.667. The monoisotopic (exact) mass is 467 g/mol. The van der Waals surface area contributed by atoms with Crippen LogP contribution in [0.25, 0.3) is 0 Å². The summed E-state index contributed by atoms with van der Waals surface area (Å²) in [6.45, 7) is 0.618. The number of fused-ring (bicyclic) bond motifs is 1. The average Bonchev–Trinajstić information content (AvgIpc) is 2.79. The second kappa shape index (κ2) is 9.25. The summed E-state index contributed by atoms with van der Waals surface area (Å²) in [5, 5.41) is 11.7. The Hall–Kier alpha value is -2.13. The normalized spacial score (nSPS) is 31.2. The molecule has 0 spiro atoms. The number of rotatable bonds is 3. The highest BCUT2D eigenvalue weighted by Crippen LogP contribution is 2.47. The topological polar surface area (TPSA) is 64.1 Å². The van der Waals surface area contributed by atoms with Gasteiger partial charge in [0.15, 0.2) is 0 Å². The van der Waals surface area contributed by atoms with Crippen LogP contribution < -0.4 is 0 Å². The van der Waals surface area contributed by atoms with E-state index in [1.807, 2.05) is 30.3 Å². The van der Waals surface area contributed by atoms with Gasteiger partial charge in [-0.05, 0) is 24.8 Å². The molecule has 2 saturated heterocycles. The van der Waals surface area contributed by atoms with Crippen LogP contribution in [-0.2, 0) is 15.2 Å². The largest absolute Gasteiger partial charge is 0.401 e. The molecule has 1 N–H and O–H groups in total. The maximum Gasteiger partial charge on any atom is 0.401 e. The molecule has 0 radical (unpaired) electrons. The Morgan fingerprint density at radius 2 is 1.79 bits per heavy atom. The minimum atomic E-state index is -4.43. The van der Waals surface area contributed by atoms with Crippen molar-refractivity contribution in [2.75, 3.05) is 32.7 Å². The summed E-state index contributed by atoms with van der Waals surface area (Å²) in [7, 11) is 0. The van der Waals surface area contributed by atoms with Crippen molar-refractivity contribution in [2.45, 2.75) is 62.9 Å². The summed E-state index contributed by atoms with van der Waals surface area (Å²) in [6.07, 6.45) is -0.761. The second-order valence-corrected chi connectivity index (χ2v) is 9.60. The van der Waals surface area contributed by atoms with Gasteiger partial charge >= 0.3 is 6.18 Å². The smallest absolute Gasteiger partial charge is 0.385 e. The van der Waals surface area contributed by atoms with E-state index in [0.29, 0.717) is 12.8 Å². The van der Waals surface area contributed by atoms with Crippen LogP contribution in [0.2, 0.25) is 0 Å². The highest BCUT2D eigenvalue weighted by Gasteiger charge is 2.52. The van der Waals surface area contributed by atoms with Crippen LogP contribution >= 0.6 is 0 Å². The van der Waals surface area contributed by atoms with Gasteiger partial charge in [-0.15, -0.1) is 0 Å². The maximum absolute atomic E-state index is 13.7. The Morgan fingerprint density at radius 1 is 1.09 bits per heavy atom. The molecule has 1 aliphatic carbocycles. The molecule has 2 heterocycles. The standard InChI is InChI=1S/C24H32F3N3O3/c1-17(31)28-13-14-29(16-24(25,26)27)21(15-28)22(32)30-12-11-23(33,18-7-3-2-4-8-18)19-9-5-6-10-20(19)30/h2-4,7-8,19-21,33H,5-6,9-16H2,1H3/t19-,20+,21?,23-/m0/s1. The number of aliphatic hydroxyl groups is 1. The van der Waals surface area contributed by atoms with E-state index in [1.54, 1.807) is 4.90 Å². The van der Waals surface area contributed by atoms with Crippen LogP contribution in [0.5, 0.6) is 0 Å². The summed E-state index contributed by atoms with van der Waals surface area (Å²) in [5.41, 5.74) is -0.236. The van der Waals surface area contributed by atoms with Crippen molar-refractivity contribution in [1.82, 2.24) is 14.7 Å². The van der Waals surface area contributed by atoms with E-state index in [4.69, 9.17) is 0 Å². The lowest BCUT2D eigenvalue weighted by Gasteiger charge is -2.54. The van der Waals surface area contributed by atoms with Gasteiger partial charge in [-0.25, -0.2) is 0 Å². The number of amides is 2. The lowest BCUT2D eigenvalue weighted by atomic mass is 9.66. The van der Waals surface area contributed by atoms with E-state index in [-0.39, 0.29) is 50.0 Å². The van der Waals surface area contributed by atoms with E-state index >= 15 is 0 Å². The summed E-state index contributed by atoms with van der Waals surface area (Å²) in [5.74, 6) is -0.778. The molecule has 4 rings (SSSR count). The van der Waals surface area contributed by atoms with Crippen molar-refractivity contribution in [3.05, 3.63) is 35.9 Å². The minimum absolute atomic E-state index is 0.00534. The van der Waals surface area contributed by atoms with Crippen molar-refractivity contribution < 1.29 is 27.9 Å². The quantitative estimate of drug-likeness (QED) is 0.743. The third-order valence-electron chi connectivity index (χ3n) is 7.64. The van der Waals surface area contributed by atoms with Crippen molar-refractivity contribution in [3.63, 3.8) is 0 Å². The van der Waals surface area contributed by atoms with Crippen molar-refractivity contribution in [1.29, 1.82) is 0 Å². The fourth-order valence-corrected chi connectivity index (χ4v) is 5.99. The van der Waals surface area contributed by atoms with Crippen molar-refractivity contribution >= 4 is 11.8 Å². The lowest BCUT2D eigenvalue weighted by Crippen LogP contribution is -2.66. The van der Waals surface area contributed by atoms with Crippen LogP contribution in [0.1, 0.15) is 44.6 Å². The first-order valence-electron chi connectivity index (χ1n) is 11.7. The fourth-order valence-electron chi connectivity index (χ4n) is 5.99. The molecule has 182 valence electrons. The van der Waals surface area contributed by atoms with Gasteiger partial charge in [0, 0.05) is 45.1 Å². The number of piperidine rings is 1. The third-order valence-corrected chi connectivity index (χ3v) is 7.64. The van der Waals surface area contributed by atoms with Crippen molar-refractivity contribution in [2.24, 2.45) is 5.92 Å². The molecule has 2 amide bonds. The van der Waals surface area contributed by atoms with Gasteiger partial charge in [0.25, 0.3) is 0 Å². The van der Waals surface area contributed by atoms with Crippen molar-refractivity contribution in [3.8, 4) is 0 Å². The van der Waals surface area contributed by atoms with Gasteiger partial charge in [0.2, 0.25) is 11.8 Å². The summed E-state index contributed by atoms with van der Waals surface area (Å²) in [6, 6.07) is 8.20. The zero-order valence-corrected chi connectivity index (χ0v) is 18.9. The first kappa shape index (κ1) is 24.0. The van der Waals surface area contributed by atoms with Crippen LogP contribution in [-0.4, -0.2) is 82.6 Å². The molecule has 4 atom stereocenters.